The Morgan fingerprint density at radius 3 is 2.95 bits per heavy atom. The van der Waals surface area contributed by atoms with Gasteiger partial charge >= 0.3 is 0 Å². The van der Waals surface area contributed by atoms with Gasteiger partial charge in [0, 0.05) is 38.7 Å². The van der Waals surface area contributed by atoms with Gasteiger partial charge in [-0.15, -0.1) is 0 Å². The van der Waals surface area contributed by atoms with Crippen LogP contribution in [-0.4, -0.2) is 38.5 Å². The average Bonchev–Trinajstić information content (AvgIpc) is 2.76. The van der Waals surface area contributed by atoms with Crippen molar-refractivity contribution >= 4 is 0 Å². The van der Waals surface area contributed by atoms with Gasteiger partial charge in [0.05, 0.1) is 13.2 Å². The van der Waals surface area contributed by atoms with Gasteiger partial charge in [-0.05, 0) is 43.9 Å². The molecule has 1 aromatic rings. The standard InChI is InChI=1S/C16H28N2O2/c1-17-16-7-4-3-6-14-12-18(13-15(14)16)8-5-9-20-11-10-19-2/h12-13,16-17H,3-11H2,1-2H3. The van der Waals surface area contributed by atoms with Gasteiger partial charge in [-0.2, -0.15) is 0 Å². The van der Waals surface area contributed by atoms with Crippen molar-refractivity contribution in [3.63, 3.8) is 0 Å². The number of fused-ring (bicyclic) bond motifs is 1. The Bertz CT molecular complexity index is 390. The van der Waals surface area contributed by atoms with Gasteiger partial charge in [0.25, 0.3) is 0 Å². The van der Waals surface area contributed by atoms with Crippen molar-refractivity contribution in [3.8, 4) is 0 Å². The Kier molecular flexibility index (Phi) is 6.57. The van der Waals surface area contributed by atoms with Crippen LogP contribution in [0.4, 0.5) is 0 Å². The van der Waals surface area contributed by atoms with Crippen LogP contribution in [0.2, 0.25) is 0 Å². The molecular weight excluding hydrogens is 252 g/mol. The highest BCUT2D eigenvalue weighted by Gasteiger charge is 2.18. The number of hydrogen-bond acceptors (Lipinski definition) is 3. The summed E-state index contributed by atoms with van der Waals surface area (Å²) in [6.45, 7) is 3.22. The van der Waals surface area contributed by atoms with Crippen molar-refractivity contribution in [1.29, 1.82) is 0 Å². The summed E-state index contributed by atoms with van der Waals surface area (Å²) in [5.74, 6) is 0. The molecule has 0 bridgehead atoms. The van der Waals surface area contributed by atoms with Crippen LogP contribution in [0.15, 0.2) is 12.4 Å². The highest BCUT2D eigenvalue weighted by atomic mass is 16.5. The monoisotopic (exact) mass is 280 g/mol. The predicted octanol–water partition coefficient (Wildman–Crippen LogP) is 2.53. The molecule has 1 aliphatic carbocycles. The first-order valence-corrected chi connectivity index (χ1v) is 7.77. The first kappa shape index (κ1) is 15.5. The van der Waals surface area contributed by atoms with E-state index in [4.69, 9.17) is 9.47 Å². The van der Waals surface area contributed by atoms with Crippen LogP contribution in [0, 0.1) is 0 Å². The lowest BCUT2D eigenvalue weighted by molar-refractivity contribution is 0.0680. The molecule has 1 N–H and O–H groups in total. The van der Waals surface area contributed by atoms with Crippen LogP contribution in [0.5, 0.6) is 0 Å². The summed E-state index contributed by atoms with van der Waals surface area (Å²) in [5.41, 5.74) is 3.03. The maximum absolute atomic E-state index is 5.51. The molecule has 1 unspecified atom stereocenters. The number of aromatic nitrogens is 1. The highest BCUT2D eigenvalue weighted by molar-refractivity contribution is 5.29. The van der Waals surface area contributed by atoms with E-state index in [1.165, 1.54) is 36.8 Å². The molecule has 0 saturated heterocycles. The molecule has 0 spiro atoms. The Balaban J connectivity index is 1.81. The molecule has 1 heterocycles. The second-order valence-electron chi connectivity index (χ2n) is 5.52. The van der Waals surface area contributed by atoms with E-state index in [1.807, 2.05) is 0 Å². The Morgan fingerprint density at radius 1 is 1.25 bits per heavy atom. The van der Waals surface area contributed by atoms with Crippen LogP contribution in [0.25, 0.3) is 0 Å². The topological polar surface area (TPSA) is 35.4 Å². The molecule has 0 saturated carbocycles. The van der Waals surface area contributed by atoms with Crippen molar-refractivity contribution in [2.45, 2.75) is 44.7 Å². The summed E-state index contributed by atoms with van der Waals surface area (Å²) < 4.78 is 12.8. The zero-order valence-corrected chi connectivity index (χ0v) is 12.9. The molecule has 0 amide bonds. The van der Waals surface area contributed by atoms with E-state index in [0.29, 0.717) is 19.3 Å². The molecule has 114 valence electrons. The Hall–Kier alpha value is -0.840. The normalized spacial score (nSPS) is 18.8. The van der Waals surface area contributed by atoms with Crippen molar-refractivity contribution in [2.24, 2.45) is 0 Å². The third-order valence-electron chi connectivity index (χ3n) is 4.05. The average molecular weight is 280 g/mol. The number of nitrogens with one attached hydrogen (secondary N) is 1. The van der Waals surface area contributed by atoms with E-state index >= 15 is 0 Å². The van der Waals surface area contributed by atoms with Crippen LogP contribution in [-0.2, 0) is 22.4 Å². The smallest absolute Gasteiger partial charge is 0.0700 e. The van der Waals surface area contributed by atoms with Crippen molar-refractivity contribution < 1.29 is 9.47 Å². The first-order valence-electron chi connectivity index (χ1n) is 7.77. The van der Waals surface area contributed by atoms with E-state index in [2.05, 4.69) is 29.3 Å². The van der Waals surface area contributed by atoms with Gasteiger partial charge in [-0.25, -0.2) is 0 Å². The fraction of sp³-hybridized carbons (Fsp3) is 0.750. The minimum atomic E-state index is 0.534. The predicted molar refractivity (Wildman–Crippen MR) is 81.1 cm³/mol. The third kappa shape index (κ3) is 4.33. The van der Waals surface area contributed by atoms with Crippen molar-refractivity contribution in [3.05, 3.63) is 23.5 Å². The largest absolute Gasteiger partial charge is 0.382 e. The fourth-order valence-corrected chi connectivity index (χ4v) is 2.94. The summed E-state index contributed by atoms with van der Waals surface area (Å²) in [4.78, 5) is 0. The van der Waals surface area contributed by atoms with Crippen LogP contribution in [0.3, 0.4) is 0 Å². The number of methoxy groups -OCH3 is 1. The molecule has 4 heteroatoms. The van der Waals surface area contributed by atoms with Gasteiger partial charge in [0.15, 0.2) is 0 Å². The lowest BCUT2D eigenvalue weighted by Crippen LogP contribution is -2.15. The van der Waals surface area contributed by atoms with Crippen LogP contribution in [0.1, 0.15) is 42.9 Å². The second-order valence-corrected chi connectivity index (χ2v) is 5.52. The van der Waals surface area contributed by atoms with Gasteiger partial charge in [0.1, 0.15) is 0 Å². The highest BCUT2D eigenvalue weighted by Crippen LogP contribution is 2.29. The lowest BCUT2D eigenvalue weighted by atomic mass is 10.1. The number of aryl methyl sites for hydroxylation is 2. The molecule has 0 aromatic carbocycles. The summed E-state index contributed by atoms with van der Waals surface area (Å²) in [7, 11) is 3.77. The van der Waals surface area contributed by atoms with Crippen LogP contribution < -0.4 is 5.32 Å². The Labute approximate surface area is 122 Å². The van der Waals surface area contributed by atoms with Crippen molar-refractivity contribution in [1.82, 2.24) is 9.88 Å². The van der Waals surface area contributed by atoms with Gasteiger partial charge < -0.3 is 19.4 Å². The van der Waals surface area contributed by atoms with E-state index in [0.717, 1.165) is 19.6 Å². The molecule has 2 rings (SSSR count). The number of ether oxygens (including phenoxy) is 2. The maximum Gasteiger partial charge on any atom is 0.0700 e. The second kappa shape index (κ2) is 8.45. The SMILES string of the molecule is CNC1CCCCc2cn(CCCOCCOC)cc21. The molecule has 0 aliphatic heterocycles. The zero-order valence-electron chi connectivity index (χ0n) is 12.9. The molecule has 1 aromatic heterocycles. The molecular formula is C16H28N2O2. The quantitative estimate of drug-likeness (QED) is 0.587. The van der Waals surface area contributed by atoms with E-state index < -0.39 is 0 Å². The third-order valence-corrected chi connectivity index (χ3v) is 4.05. The fourth-order valence-electron chi connectivity index (χ4n) is 2.94. The molecule has 1 atom stereocenters. The lowest BCUT2D eigenvalue weighted by Gasteiger charge is -2.13. The summed E-state index contributed by atoms with van der Waals surface area (Å²) in [6, 6.07) is 0.534. The molecule has 0 radical (unpaired) electrons. The Morgan fingerprint density at radius 2 is 2.15 bits per heavy atom. The van der Waals surface area contributed by atoms with Gasteiger partial charge in [0.2, 0.25) is 0 Å². The molecule has 1 aliphatic rings. The maximum atomic E-state index is 5.51. The molecule has 4 nitrogen and oxygen atoms in total. The van der Waals surface area contributed by atoms with E-state index in [1.54, 1.807) is 7.11 Å². The summed E-state index contributed by atoms with van der Waals surface area (Å²) in [6.07, 6.45) is 10.8. The minimum Gasteiger partial charge on any atom is -0.382 e. The summed E-state index contributed by atoms with van der Waals surface area (Å²) >= 11 is 0. The van der Waals surface area contributed by atoms with Gasteiger partial charge in [-0.1, -0.05) is 6.42 Å². The van der Waals surface area contributed by atoms with E-state index in [9.17, 15) is 0 Å². The minimum absolute atomic E-state index is 0.534. The van der Waals surface area contributed by atoms with Gasteiger partial charge in [-0.3, -0.25) is 0 Å². The first-order chi connectivity index (χ1) is 9.85. The summed E-state index contributed by atoms with van der Waals surface area (Å²) in [5, 5.41) is 3.45. The van der Waals surface area contributed by atoms with Crippen molar-refractivity contribution in [2.75, 3.05) is 34.0 Å². The molecule has 0 fully saturated rings. The van der Waals surface area contributed by atoms with Crippen LogP contribution >= 0.6 is 0 Å². The number of nitrogens with zero attached hydrogens (tertiary/aromatic N) is 1. The zero-order chi connectivity index (χ0) is 14.2. The molecule has 20 heavy (non-hydrogen) atoms. The number of rotatable bonds is 8. The number of hydrogen-bond donors (Lipinski definition) is 1. The van der Waals surface area contributed by atoms with E-state index in [-0.39, 0.29) is 0 Å².